The highest BCUT2D eigenvalue weighted by Crippen LogP contribution is 2.19. The highest BCUT2D eigenvalue weighted by Gasteiger charge is 2.29. The average Bonchev–Trinajstić information content (AvgIpc) is 2.65. The van der Waals surface area contributed by atoms with Crippen LogP contribution in [0.25, 0.3) is 0 Å². The second-order valence-electron chi connectivity index (χ2n) is 3.94. The van der Waals surface area contributed by atoms with E-state index in [0.717, 1.165) is 6.42 Å². The minimum Gasteiger partial charge on any atom is -0.479 e. The van der Waals surface area contributed by atoms with Gasteiger partial charge in [-0.05, 0) is 25.8 Å². The minimum absolute atomic E-state index is 0.0327. The van der Waals surface area contributed by atoms with E-state index in [-0.39, 0.29) is 12.0 Å². The molecule has 1 heterocycles. The lowest BCUT2D eigenvalue weighted by atomic mass is 10.2. The van der Waals surface area contributed by atoms with Crippen LogP contribution in [0.3, 0.4) is 0 Å². The summed E-state index contributed by atoms with van der Waals surface area (Å²) >= 11 is 0. The third-order valence-corrected chi connectivity index (χ3v) is 2.53. The molecule has 1 aliphatic heterocycles. The monoisotopic (exact) mass is 230 g/mol. The fourth-order valence-corrected chi connectivity index (χ4v) is 1.69. The molecule has 0 spiro atoms. The van der Waals surface area contributed by atoms with Crippen molar-refractivity contribution >= 4 is 11.9 Å². The van der Waals surface area contributed by atoms with E-state index in [1.807, 2.05) is 0 Å². The number of hydrogen-bond donors (Lipinski definition) is 3. The van der Waals surface area contributed by atoms with E-state index in [0.29, 0.717) is 32.4 Å². The molecule has 6 nitrogen and oxygen atoms in total. The maximum atomic E-state index is 10.6. The van der Waals surface area contributed by atoms with E-state index in [9.17, 15) is 9.59 Å². The topological polar surface area (TPSA) is 102 Å². The molecule has 0 saturated carbocycles. The van der Waals surface area contributed by atoms with Crippen molar-refractivity contribution in [1.82, 2.24) is 5.32 Å². The number of carboxylic acid groups (broad SMARTS) is 1. The van der Waals surface area contributed by atoms with Crippen molar-refractivity contribution in [3.05, 3.63) is 0 Å². The molecule has 0 aliphatic carbocycles. The van der Waals surface area contributed by atoms with Crippen LogP contribution in [0.15, 0.2) is 0 Å². The van der Waals surface area contributed by atoms with E-state index < -0.39 is 12.1 Å². The number of rotatable bonds is 7. The Morgan fingerprint density at radius 2 is 2.19 bits per heavy atom. The Morgan fingerprint density at radius 3 is 2.75 bits per heavy atom. The number of hydrogen-bond acceptors (Lipinski definition) is 4. The van der Waals surface area contributed by atoms with Gasteiger partial charge in [0.1, 0.15) is 0 Å². The molecule has 1 saturated heterocycles. The molecule has 2 unspecified atom stereocenters. The maximum Gasteiger partial charge on any atom is 0.332 e. The first-order chi connectivity index (χ1) is 7.59. The van der Waals surface area contributed by atoms with Crippen LogP contribution >= 0.6 is 0 Å². The first kappa shape index (κ1) is 12.9. The molecule has 0 aromatic heterocycles. The molecular weight excluding hydrogens is 212 g/mol. The molecule has 0 bridgehead atoms. The lowest BCUT2D eigenvalue weighted by molar-refractivity contribution is -0.149. The summed E-state index contributed by atoms with van der Waals surface area (Å²) in [6, 6.07) is 0. The van der Waals surface area contributed by atoms with Crippen LogP contribution in [-0.4, -0.2) is 42.3 Å². The van der Waals surface area contributed by atoms with Crippen molar-refractivity contribution < 1.29 is 19.4 Å². The van der Waals surface area contributed by atoms with Crippen molar-refractivity contribution in [1.29, 1.82) is 0 Å². The van der Waals surface area contributed by atoms with Crippen LogP contribution in [0.2, 0.25) is 0 Å². The lowest BCUT2D eigenvalue weighted by Crippen LogP contribution is -2.29. The van der Waals surface area contributed by atoms with Gasteiger partial charge in [-0.2, -0.15) is 0 Å². The van der Waals surface area contributed by atoms with Gasteiger partial charge in [-0.25, -0.2) is 4.79 Å². The molecule has 1 rings (SSSR count). The summed E-state index contributed by atoms with van der Waals surface area (Å²) < 4.78 is 5.30. The average molecular weight is 230 g/mol. The van der Waals surface area contributed by atoms with Crippen LogP contribution in [0.1, 0.15) is 25.7 Å². The summed E-state index contributed by atoms with van der Waals surface area (Å²) in [5.41, 5.74) is 4.99. The number of carbonyl (C=O) groups is 2. The second-order valence-corrected chi connectivity index (χ2v) is 3.94. The predicted molar refractivity (Wildman–Crippen MR) is 56.8 cm³/mol. The highest BCUT2D eigenvalue weighted by molar-refractivity contribution is 5.73. The SMILES string of the molecule is NC(=O)CCCNCC1CCC(C(=O)O)O1. The van der Waals surface area contributed by atoms with Gasteiger partial charge in [0.25, 0.3) is 0 Å². The summed E-state index contributed by atoms with van der Waals surface area (Å²) in [7, 11) is 0. The molecule has 0 radical (unpaired) electrons. The van der Waals surface area contributed by atoms with Gasteiger partial charge in [0.15, 0.2) is 6.10 Å². The summed E-state index contributed by atoms with van der Waals surface area (Å²) in [4.78, 5) is 21.0. The van der Waals surface area contributed by atoms with Crippen molar-refractivity contribution in [2.45, 2.75) is 37.9 Å². The zero-order valence-corrected chi connectivity index (χ0v) is 9.15. The number of ether oxygens (including phenoxy) is 1. The zero-order chi connectivity index (χ0) is 12.0. The molecule has 4 N–H and O–H groups in total. The molecule has 92 valence electrons. The van der Waals surface area contributed by atoms with Crippen molar-refractivity contribution in [3.8, 4) is 0 Å². The van der Waals surface area contributed by atoms with Gasteiger partial charge in [-0.15, -0.1) is 0 Å². The standard InChI is InChI=1S/C10H18N2O4/c11-9(13)2-1-5-12-6-7-3-4-8(16-7)10(14)15/h7-8,12H,1-6H2,(H2,11,13)(H,14,15). The van der Waals surface area contributed by atoms with Gasteiger partial charge in [-0.1, -0.05) is 0 Å². The van der Waals surface area contributed by atoms with Gasteiger partial charge >= 0.3 is 5.97 Å². The van der Waals surface area contributed by atoms with Crippen molar-refractivity contribution in [2.75, 3.05) is 13.1 Å². The second kappa shape index (κ2) is 6.44. The van der Waals surface area contributed by atoms with Crippen LogP contribution in [-0.2, 0) is 14.3 Å². The maximum absolute atomic E-state index is 10.6. The van der Waals surface area contributed by atoms with E-state index in [1.165, 1.54) is 0 Å². The Labute approximate surface area is 94.1 Å². The molecule has 2 atom stereocenters. The van der Waals surface area contributed by atoms with Crippen molar-refractivity contribution in [3.63, 3.8) is 0 Å². The molecule has 6 heteroatoms. The molecule has 1 aliphatic rings. The van der Waals surface area contributed by atoms with E-state index in [1.54, 1.807) is 0 Å². The minimum atomic E-state index is -0.892. The van der Waals surface area contributed by atoms with Gasteiger partial charge in [0, 0.05) is 13.0 Å². The third kappa shape index (κ3) is 4.59. The number of nitrogens with one attached hydrogen (secondary N) is 1. The molecule has 0 aromatic carbocycles. The Bertz CT molecular complexity index is 257. The number of nitrogens with two attached hydrogens (primary N) is 1. The Kier molecular flexibility index (Phi) is 5.21. The Hall–Kier alpha value is -1.14. The smallest absolute Gasteiger partial charge is 0.332 e. The van der Waals surface area contributed by atoms with Gasteiger partial charge in [0.05, 0.1) is 6.10 Å². The fraction of sp³-hybridized carbons (Fsp3) is 0.800. The van der Waals surface area contributed by atoms with Crippen LogP contribution in [0.5, 0.6) is 0 Å². The zero-order valence-electron chi connectivity index (χ0n) is 9.15. The number of carboxylic acids is 1. The first-order valence-corrected chi connectivity index (χ1v) is 5.47. The first-order valence-electron chi connectivity index (χ1n) is 5.47. The molecule has 1 fully saturated rings. The quantitative estimate of drug-likeness (QED) is 0.510. The Morgan fingerprint density at radius 1 is 1.44 bits per heavy atom. The number of amides is 1. The summed E-state index contributed by atoms with van der Waals surface area (Å²) in [5, 5.41) is 11.8. The molecule has 0 aromatic rings. The normalized spacial score (nSPS) is 24.5. The van der Waals surface area contributed by atoms with Gasteiger partial charge < -0.3 is 20.9 Å². The summed E-state index contributed by atoms with van der Waals surface area (Å²) in [6.07, 6.45) is 1.72. The number of aliphatic carboxylic acids is 1. The summed E-state index contributed by atoms with van der Waals surface area (Å²) in [6.45, 7) is 1.32. The fourth-order valence-electron chi connectivity index (χ4n) is 1.69. The van der Waals surface area contributed by atoms with Crippen LogP contribution in [0, 0.1) is 0 Å². The van der Waals surface area contributed by atoms with E-state index in [4.69, 9.17) is 15.6 Å². The van der Waals surface area contributed by atoms with Crippen LogP contribution < -0.4 is 11.1 Å². The molecular formula is C10H18N2O4. The van der Waals surface area contributed by atoms with E-state index in [2.05, 4.69) is 5.32 Å². The number of primary amides is 1. The predicted octanol–water partition coefficient (Wildman–Crippen LogP) is -0.526. The van der Waals surface area contributed by atoms with Gasteiger partial charge in [0.2, 0.25) is 5.91 Å². The number of carbonyl (C=O) groups excluding carboxylic acids is 1. The largest absolute Gasteiger partial charge is 0.479 e. The molecule has 1 amide bonds. The highest BCUT2D eigenvalue weighted by atomic mass is 16.5. The van der Waals surface area contributed by atoms with Gasteiger partial charge in [-0.3, -0.25) is 4.79 Å². The Balaban J connectivity index is 2.02. The summed E-state index contributed by atoms with van der Waals surface area (Å²) in [5.74, 6) is -1.19. The lowest BCUT2D eigenvalue weighted by Gasteiger charge is -2.11. The van der Waals surface area contributed by atoms with Crippen molar-refractivity contribution in [2.24, 2.45) is 5.73 Å². The van der Waals surface area contributed by atoms with Crippen LogP contribution in [0.4, 0.5) is 0 Å². The molecule has 16 heavy (non-hydrogen) atoms. The third-order valence-electron chi connectivity index (χ3n) is 2.53. The van der Waals surface area contributed by atoms with E-state index >= 15 is 0 Å².